The highest BCUT2D eigenvalue weighted by atomic mass is 35.5. The highest BCUT2D eigenvalue weighted by Gasteiger charge is 2.11. The molecule has 1 atom stereocenters. The van der Waals surface area contributed by atoms with Crippen molar-refractivity contribution in [3.63, 3.8) is 0 Å². The molecule has 1 unspecified atom stereocenters. The number of hydrogen-bond donors (Lipinski definition) is 1. The molecule has 0 saturated carbocycles. The van der Waals surface area contributed by atoms with Crippen molar-refractivity contribution < 1.29 is 8.63 Å². The van der Waals surface area contributed by atoms with E-state index in [1.54, 1.807) is 12.1 Å². The van der Waals surface area contributed by atoms with Crippen LogP contribution in [-0.2, 0) is 23.1 Å². The lowest BCUT2D eigenvalue weighted by atomic mass is 10.4. The number of hydrogen-bond acceptors (Lipinski definition) is 3. The van der Waals surface area contributed by atoms with Crippen LogP contribution in [0.3, 0.4) is 0 Å². The van der Waals surface area contributed by atoms with Gasteiger partial charge in [-0.3, -0.25) is 4.21 Å². The minimum absolute atomic E-state index is 0.343. The molecule has 2 aromatic rings. The van der Waals surface area contributed by atoms with Gasteiger partial charge in [0, 0.05) is 0 Å². The predicted molar refractivity (Wildman–Crippen MR) is 77.7 cm³/mol. The molecule has 102 valence electrons. The molecule has 2 rings (SSSR count). The van der Waals surface area contributed by atoms with Gasteiger partial charge in [0.1, 0.15) is 11.5 Å². The molecule has 0 fully saturated rings. The van der Waals surface area contributed by atoms with Gasteiger partial charge in [0.2, 0.25) is 0 Å². The molecular formula is C14H16ClNO2S. The average Bonchev–Trinajstić information content (AvgIpc) is 2.84. The molecule has 0 aliphatic carbocycles. The zero-order chi connectivity index (χ0) is 13.7. The number of rotatable bonds is 6. The standard InChI is InChI=1S/C14H16ClNO2S/c1-2-16-9-11-7-8-12(18-11)10-19(17)14-6-4-3-5-13(14)15/h3-8,16H,2,9-10H2,1H3. The Bertz CT molecular complexity index is 568. The SMILES string of the molecule is CCNCc1ccc(CS(=O)c2ccccc2Cl)o1. The van der Waals surface area contributed by atoms with Gasteiger partial charge in [-0.15, -0.1) is 0 Å². The van der Waals surface area contributed by atoms with Crippen LogP contribution in [0.25, 0.3) is 0 Å². The van der Waals surface area contributed by atoms with Crippen molar-refractivity contribution in [2.45, 2.75) is 24.1 Å². The van der Waals surface area contributed by atoms with E-state index in [1.165, 1.54) is 0 Å². The second kappa shape index (κ2) is 6.89. The Labute approximate surface area is 120 Å². The highest BCUT2D eigenvalue weighted by molar-refractivity contribution is 7.84. The van der Waals surface area contributed by atoms with Gasteiger partial charge in [0.15, 0.2) is 0 Å². The van der Waals surface area contributed by atoms with Crippen LogP contribution in [0, 0.1) is 0 Å². The summed E-state index contributed by atoms with van der Waals surface area (Å²) in [5, 5.41) is 3.71. The van der Waals surface area contributed by atoms with Crippen LogP contribution >= 0.6 is 11.6 Å². The molecule has 1 aromatic carbocycles. The number of nitrogens with one attached hydrogen (secondary N) is 1. The third-order valence-electron chi connectivity index (χ3n) is 2.62. The Hall–Kier alpha value is -1.10. The lowest BCUT2D eigenvalue weighted by Crippen LogP contribution is -2.10. The Morgan fingerprint density at radius 3 is 2.68 bits per heavy atom. The van der Waals surface area contributed by atoms with Crippen LogP contribution < -0.4 is 5.32 Å². The zero-order valence-electron chi connectivity index (χ0n) is 10.7. The number of benzene rings is 1. The molecule has 3 nitrogen and oxygen atoms in total. The van der Waals surface area contributed by atoms with E-state index in [0.717, 1.165) is 12.3 Å². The molecule has 0 bridgehead atoms. The van der Waals surface area contributed by atoms with E-state index in [4.69, 9.17) is 16.0 Å². The second-order valence-electron chi connectivity index (χ2n) is 4.07. The highest BCUT2D eigenvalue weighted by Crippen LogP contribution is 2.22. The first kappa shape index (κ1) is 14.3. The molecule has 0 amide bonds. The first-order valence-corrected chi connectivity index (χ1v) is 7.81. The van der Waals surface area contributed by atoms with E-state index >= 15 is 0 Å². The molecule has 1 N–H and O–H groups in total. The van der Waals surface area contributed by atoms with Gasteiger partial charge in [0.05, 0.1) is 33.0 Å². The third-order valence-corrected chi connectivity index (χ3v) is 4.46. The summed E-state index contributed by atoms with van der Waals surface area (Å²) in [5.41, 5.74) is 0. The third kappa shape index (κ3) is 3.93. The van der Waals surface area contributed by atoms with Crippen molar-refractivity contribution in [1.82, 2.24) is 5.32 Å². The fraction of sp³-hybridized carbons (Fsp3) is 0.286. The summed E-state index contributed by atoms with van der Waals surface area (Å²) in [6, 6.07) is 10.9. The molecule has 0 saturated heterocycles. The lowest BCUT2D eigenvalue weighted by molar-refractivity contribution is 0.461. The lowest BCUT2D eigenvalue weighted by Gasteiger charge is -2.02. The van der Waals surface area contributed by atoms with Crippen LogP contribution in [0.2, 0.25) is 5.02 Å². The summed E-state index contributed by atoms with van der Waals surface area (Å²) < 4.78 is 17.8. The first-order chi connectivity index (χ1) is 9.20. The van der Waals surface area contributed by atoms with Gasteiger partial charge >= 0.3 is 0 Å². The van der Waals surface area contributed by atoms with Crippen molar-refractivity contribution in [3.8, 4) is 0 Å². The van der Waals surface area contributed by atoms with Gasteiger partial charge in [0.25, 0.3) is 0 Å². The Morgan fingerprint density at radius 1 is 1.21 bits per heavy atom. The molecule has 0 aliphatic heterocycles. The van der Waals surface area contributed by atoms with Crippen LogP contribution in [0.15, 0.2) is 45.7 Å². The Kier molecular flexibility index (Phi) is 5.19. The molecule has 0 spiro atoms. The van der Waals surface area contributed by atoms with Gasteiger partial charge < -0.3 is 9.73 Å². The van der Waals surface area contributed by atoms with E-state index in [9.17, 15) is 4.21 Å². The molecule has 0 radical (unpaired) electrons. The quantitative estimate of drug-likeness (QED) is 0.889. The molecular weight excluding hydrogens is 282 g/mol. The van der Waals surface area contributed by atoms with Gasteiger partial charge in [-0.1, -0.05) is 30.7 Å². The monoisotopic (exact) mass is 297 g/mol. The van der Waals surface area contributed by atoms with Crippen molar-refractivity contribution in [2.75, 3.05) is 6.54 Å². The maximum absolute atomic E-state index is 12.2. The second-order valence-corrected chi connectivity index (χ2v) is 5.90. The summed E-state index contributed by atoms with van der Waals surface area (Å²) >= 11 is 6.03. The fourth-order valence-electron chi connectivity index (χ4n) is 1.68. The molecule has 0 aliphatic rings. The Balaban J connectivity index is 2.03. The van der Waals surface area contributed by atoms with E-state index < -0.39 is 10.8 Å². The average molecular weight is 298 g/mol. The van der Waals surface area contributed by atoms with Crippen molar-refractivity contribution in [1.29, 1.82) is 0 Å². The summed E-state index contributed by atoms with van der Waals surface area (Å²) in [4.78, 5) is 0.647. The van der Waals surface area contributed by atoms with Crippen LogP contribution in [0.4, 0.5) is 0 Å². The van der Waals surface area contributed by atoms with Crippen molar-refractivity contribution in [3.05, 3.63) is 52.9 Å². The predicted octanol–water partition coefficient (Wildman–Crippen LogP) is 3.35. The minimum Gasteiger partial charge on any atom is -0.464 e. The smallest absolute Gasteiger partial charge is 0.118 e. The molecule has 1 aromatic heterocycles. The van der Waals surface area contributed by atoms with Crippen LogP contribution in [-0.4, -0.2) is 10.8 Å². The maximum Gasteiger partial charge on any atom is 0.118 e. The van der Waals surface area contributed by atoms with Crippen molar-refractivity contribution >= 4 is 22.4 Å². The zero-order valence-corrected chi connectivity index (χ0v) is 12.3. The van der Waals surface area contributed by atoms with E-state index in [-0.39, 0.29) is 0 Å². The first-order valence-electron chi connectivity index (χ1n) is 6.12. The Morgan fingerprint density at radius 2 is 1.95 bits per heavy atom. The van der Waals surface area contributed by atoms with Crippen molar-refractivity contribution in [2.24, 2.45) is 0 Å². The minimum atomic E-state index is -1.18. The molecule has 1 heterocycles. The van der Waals surface area contributed by atoms with E-state index in [0.29, 0.717) is 28.0 Å². The van der Waals surface area contributed by atoms with Gasteiger partial charge in [-0.05, 0) is 30.8 Å². The summed E-state index contributed by atoms with van der Waals surface area (Å²) in [6.45, 7) is 3.62. The topological polar surface area (TPSA) is 42.2 Å². The van der Waals surface area contributed by atoms with Crippen LogP contribution in [0.1, 0.15) is 18.4 Å². The van der Waals surface area contributed by atoms with E-state index in [2.05, 4.69) is 5.32 Å². The fourth-order valence-corrected chi connectivity index (χ4v) is 3.16. The van der Waals surface area contributed by atoms with E-state index in [1.807, 2.05) is 31.2 Å². The summed E-state index contributed by atoms with van der Waals surface area (Å²) in [6.07, 6.45) is 0. The van der Waals surface area contributed by atoms with Gasteiger partial charge in [-0.25, -0.2) is 0 Å². The van der Waals surface area contributed by atoms with Crippen LogP contribution in [0.5, 0.6) is 0 Å². The van der Waals surface area contributed by atoms with Gasteiger partial charge in [-0.2, -0.15) is 0 Å². The number of halogens is 1. The normalized spacial score (nSPS) is 12.5. The maximum atomic E-state index is 12.2. The summed E-state index contributed by atoms with van der Waals surface area (Å²) in [7, 11) is -1.18. The largest absolute Gasteiger partial charge is 0.464 e. The molecule has 5 heteroatoms. The molecule has 19 heavy (non-hydrogen) atoms. The summed E-state index contributed by atoms with van der Waals surface area (Å²) in [5.74, 6) is 1.91. The number of furan rings is 1.